The van der Waals surface area contributed by atoms with E-state index >= 15 is 0 Å². The van der Waals surface area contributed by atoms with Crippen molar-refractivity contribution in [1.29, 1.82) is 0 Å². The van der Waals surface area contributed by atoms with Crippen molar-refractivity contribution in [1.82, 2.24) is 0 Å². The molecule has 6 heteroatoms. The van der Waals surface area contributed by atoms with Crippen LogP contribution in [0.15, 0.2) is 47.4 Å². The molecule has 1 amide bonds. The number of fused-ring (bicyclic) bond motifs is 1. The number of rotatable bonds is 4. The summed E-state index contributed by atoms with van der Waals surface area (Å²) in [5.41, 5.74) is 2.91. The molecule has 0 aliphatic carbocycles. The van der Waals surface area contributed by atoms with E-state index in [1.807, 2.05) is 39.0 Å². The molecular formula is C20H24N2O3S. The molecule has 0 bridgehead atoms. The van der Waals surface area contributed by atoms with Crippen molar-refractivity contribution in [3.8, 4) is 0 Å². The third-order valence-corrected chi connectivity index (χ3v) is 6.24. The van der Waals surface area contributed by atoms with Crippen molar-refractivity contribution in [2.24, 2.45) is 0 Å². The van der Waals surface area contributed by atoms with Gasteiger partial charge in [-0.3, -0.25) is 9.52 Å². The summed E-state index contributed by atoms with van der Waals surface area (Å²) < 4.78 is 28.5. The van der Waals surface area contributed by atoms with Crippen LogP contribution in [0.3, 0.4) is 0 Å². The lowest BCUT2D eigenvalue weighted by atomic mass is 9.87. The Labute approximate surface area is 155 Å². The first-order chi connectivity index (χ1) is 12.2. The standard InChI is InChI=1S/C20H24N2O3S/c1-5-15-8-6-7-9-18(15)21-26(24,25)16-10-11-19-17(12-16)20(3,4)13-22(19)14(2)23/h6-12,21H,5,13H2,1-4H3. The lowest BCUT2D eigenvalue weighted by Crippen LogP contribution is -2.31. The minimum absolute atomic E-state index is 0.0394. The first kappa shape index (κ1) is 18.5. The maximum Gasteiger partial charge on any atom is 0.261 e. The van der Waals surface area contributed by atoms with E-state index < -0.39 is 10.0 Å². The molecular weight excluding hydrogens is 348 g/mol. The predicted octanol–water partition coefficient (Wildman–Crippen LogP) is 3.69. The van der Waals surface area contributed by atoms with Gasteiger partial charge in [0.25, 0.3) is 10.0 Å². The van der Waals surface area contributed by atoms with Gasteiger partial charge >= 0.3 is 0 Å². The van der Waals surface area contributed by atoms with Gasteiger partial charge in [-0.2, -0.15) is 0 Å². The molecule has 5 nitrogen and oxygen atoms in total. The molecule has 2 aromatic carbocycles. The second-order valence-corrected chi connectivity index (χ2v) is 8.97. The number of amides is 1. The number of sulfonamides is 1. The van der Waals surface area contributed by atoms with Crippen LogP contribution in [-0.4, -0.2) is 20.9 Å². The summed E-state index contributed by atoms with van der Waals surface area (Å²) in [5.74, 6) is -0.0394. The summed E-state index contributed by atoms with van der Waals surface area (Å²) in [7, 11) is -3.71. The first-order valence-corrected chi connectivity index (χ1v) is 10.2. The number of nitrogens with zero attached hydrogens (tertiary/aromatic N) is 1. The maximum absolute atomic E-state index is 12.9. The van der Waals surface area contributed by atoms with E-state index in [1.165, 1.54) is 6.92 Å². The summed E-state index contributed by atoms with van der Waals surface area (Å²) in [6.07, 6.45) is 0.740. The third kappa shape index (κ3) is 3.21. The van der Waals surface area contributed by atoms with Crippen LogP contribution in [0, 0.1) is 0 Å². The molecule has 1 heterocycles. The average molecular weight is 372 g/mol. The number of anilines is 2. The van der Waals surface area contributed by atoms with Crippen molar-refractivity contribution < 1.29 is 13.2 Å². The van der Waals surface area contributed by atoms with Crippen molar-refractivity contribution in [2.75, 3.05) is 16.2 Å². The molecule has 1 N–H and O–H groups in total. The Morgan fingerprint density at radius 1 is 1.19 bits per heavy atom. The molecule has 1 aliphatic heterocycles. The Morgan fingerprint density at radius 3 is 2.54 bits per heavy atom. The monoisotopic (exact) mass is 372 g/mol. The fraction of sp³-hybridized carbons (Fsp3) is 0.350. The Morgan fingerprint density at radius 2 is 1.88 bits per heavy atom. The first-order valence-electron chi connectivity index (χ1n) is 8.69. The number of nitrogens with one attached hydrogen (secondary N) is 1. The summed E-state index contributed by atoms with van der Waals surface area (Å²) in [4.78, 5) is 13.8. The molecule has 0 spiro atoms. The highest BCUT2D eigenvalue weighted by molar-refractivity contribution is 7.92. The van der Waals surface area contributed by atoms with Crippen LogP contribution in [0.25, 0.3) is 0 Å². The SMILES string of the molecule is CCc1ccccc1NS(=O)(=O)c1ccc2c(c1)C(C)(C)CN2C(C)=O. The Balaban J connectivity index is 2.01. The lowest BCUT2D eigenvalue weighted by Gasteiger charge is -2.19. The quantitative estimate of drug-likeness (QED) is 0.890. The minimum atomic E-state index is -3.71. The minimum Gasteiger partial charge on any atom is -0.311 e. The molecule has 2 aromatic rings. The molecule has 0 fully saturated rings. The van der Waals surface area contributed by atoms with Crippen molar-refractivity contribution in [2.45, 2.75) is 44.4 Å². The molecule has 138 valence electrons. The second kappa shape index (κ2) is 6.43. The zero-order valence-corrected chi connectivity index (χ0v) is 16.4. The van der Waals surface area contributed by atoms with Gasteiger partial charge in [0, 0.05) is 24.6 Å². The van der Waals surface area contributed by atoms with Gasteiger partial charge < -0.3 is 4.90 Å². The third-order valence-electron chi connectivity index (χ3n) is 4.87. The van der Waals surface area contributed by atoms with Crippen molar-refractivity contribution >= 4 is 27.3 Å². The Hall–Kier alpha value is -2.34. The van der Waals surface area contributed by atoms with Crippen molar-refractivity contribution in [3.63, 3.8) is 0 Å². The highest BCUT2D eigenvalue weighted by atomic mass is 32.2. The Kier molecular flexibility index (Phi) is 4.56. The van der Waals surface area contributed by atoms with E-state index in [-0.39, 0.29) is 16.2 Å². The van der Waals surface area contributed by atoms with Gasteiger partial charge in [-0.25, -0.2) is 8.42 Å². The predicted molar refractivity (Wildman–Crippen MR) is 104 cm³/mol. The molecule has 0 radical (unpaired) electrons. The summed E-state index contributed by atoms with van der Waals surface area (Å²) in [6, 6.07) is 12.4. The number of aryl methyl sites for hydroxylation is 1. The average Bonchev–Trinajstić information content (AvgIpc) is 2.86. The Bertz CT molecular complexity index is 965. The molecule has 0 unspecified atom stereocenters. The number of benzene rings is 2. The fourth-order valence-corrected chi connectivity index (χ4v) is 4.56. The van der Waals surface area contributed by atoms with Gasteiger partial charge in [0.2, 0.25) is 5.91 Å². The van der Waals surface area contributed by atoms with Crippen molar-refractivity contribution in [3.05, 3.63) is 53.6 Å². The van der Waals surface area contributed by atoms with E-state index in [2.05, 4.69) is 4.72 Å². The number of carbonyl (C=O) groups is 1. The van der Waals surface area contributed by atoms with E-state index in [0.29, 0.717) is 12.2 Å². The van der Waals surface area contributed by atoms with Crippen LogP contribution in [-0.2, 0) is 26.7 Å². The van der Waals surface area contributed by atoms with Crippen LogP contribution in [0.2, 0.25) is 0 Å². The van der Waals surface area contributed by atoms with E-state index in [1.54, 1.807) is 29.2 Å². The fourth-order valence-electron chi connectivity index (χ4n) is 3.44. The molecule has 3 rings (SSSR count). The number of para-hydroxylation sites is 1. The van der Waals surface area contributed by atoms with Gasteiger partial charge in [-0.1, -0.05) is 39.0 Å². The van der Waals surface area contributed by atoms with Crippen LogP contribution in [0.1, 0.15) is 38.8 Å². The second-order valence-electron chi connectivity index (χ2n) is 7.28. The smallest absolute Gasteiger partial charge is 0.261 e. The van der Waals surface area contributed by atoms with E-state index in [0.717, 1.165) is 23.2 Å². The summed E-state index contributed by atoms with van der Waals surface area (Å²) in [6.45, 7) is 8.10. The molecule has 0 atom stereocenters. The topological polar surface area (TPSA) is 66.5 Å². The van der Waals surface area contributed by atoms with Crippen LogP contribution >= 0.6 is 0 Å². The zero-order valence-electron chi connectivity index (χ0n) is 15.5. The van der Waals surface area contributed by atoms with Gasteiger partial charge in [0.15, 0.2) is 0 Å². The zero-order chi connectivity index (χ0) is 19.1. The maximum atomic E-state index is 12.9. The molecule has 0 saturated heterocycles. The largest absolute Gasteiger partial charge is 0.311 e. The normalized spacial score (nSPS) is 15.6. The van der Waals surface area contributed by atoms with Crippen LogP contribution < -0.4 is 9.62 Å². The molecule has 0 saturated carbocycles. The van der Waals surface area contributed by atoms with Gasteiger partial charge in [-0.15, -0.1) is 0 Å². The van der Waals surface area contributed by atoms with E-state index in [9.17, 15) is 13.2 Å². The number of carbonyl (C=O) groups excluding carboxylic acids is 1. The van der Waals surface area contributed by atoms with Gasteiger partial charge in [0.1, 0.15) is 0 Å². The molecule has 1 aliphatic rings. The highest BCUT2D eigenvalue weighted by Gasteiger charge is 2.37. The lowest BCUT2D eigenvalue weighted by molar-refractivity contribution is -0.116. The summed E-state index contributed by atoms with van der Waals surface area (Å²) >= 11 is 0. The van der Waals surface area contributed by atoms with Gasteiger partial charge in [-0.05, 0) is 41.8 Å². The van der Waals surface area contributed by atoms with E-state index in [4.69, 9.17) is 0 Å². The highest BCUT2D eigenvalue weighted by Crippen LogP contribution is 2.41. The van der Waals surface area contributed by atoms with Crippen LogP contribution in [0.5, 0.6) is 0 Å². The molecule has 26 heavy (non-hydrogen) atoms. The number of hydrogen-bond donors (Lipinski definition) is 1. The summed E-state index contributed by atoms with van der Waals surface area (Å²) in [5, 5.41) is 0. The van der Waals surface area contributed by atoms with Gasteiger partial charge in [0.05, 0.1) is 10.6 Å². The molecule has 0 aromatic heterocycles. The van der Waals surface area contributed by atoms with Crippen LogP contribution in [0.4, 0.5) is 11.4 Å². The number of hydrogen-bond acceptors (Lipinski definition) is 3.